The maximum Gasteiger partial charge on any atom is 0.300 e. The first-order valence-corrected chi connectivity index (χ1v) is 10.7. The number of nitrogens with zero attached hydrogens (tertiary/aromatic N) is 1. The van der Waals surface area contributed by atoms with Gasteiger partial charge in [-0.3, -0.25) is 14.5 Å². The topological polar surface area (TPSA) is 57.6 Å². The average molecular weight is 476 g/mol. The van der Waals surface area contributed by atoms with E-state index in [4.69, 9.17) is 11.6 Å². The van der Waals surface area contributed by atoms with Crippen LogP contribution in [0.4, 0.5) is 14.5 Å². The van der Waals surface area contributed by atoms with Gasteiger partial charge in [-0.25, -0.2) is 8.78 Å². The SMILES string of the molecule is O=C1C(=O)N(c2ccc(F)c(F)c2)C(c2cccc3ccccc23)/C1=C(/O)c1cccc(Cl)c1. The number of halogens is 3. The number of hydrogen-bond donors (Lipinski definition) is 1. The van der Waals surface area contributed by atoms with Crippen LogP contribution in [0.25, 0.3) is 16.5 Å². The van der Waals surface area contributed by atoms with Crippen LogP contribution < -0.4 is 4.90 Å². The van der Waals surface area contributed by atoms with Crippen molar-refractivity contribution in [3.63, 3.8) is 0 Å². The summed E-state index contributed by atoms with van der Waals surface area (Å²) in [5.74, 6) is -4.57. The highest BCUT2D eigenvalue weighted by molar-refractivity contribution is 6.52. The van der Waals surface area contributed by atoms with Gasteiger partial charge in [-0.15, -0.1) is 0 Å². The number of carbonyl (C=O) groups is 2. The van der Waals surface area contributed by atoms with Gasteiger partial charge in [-0.2, -0.15) is 0 Å². The summed E-state index contributed by atoms with van der Waals surface area (Å²) in [5, 5.41) is 13.1. The zero-order valence-electron chi connectivity index (χ0n) is 17.5. The fraction of sp³-hybridized carbons (Fsp3) is 0.0370. The van der Waals surface area contributed by atoms with Gasteiger partial charge in [-0.1, -0.05) is 66.2 Å². The molecule has 1 unspecified atom stereocenters. The minimum Gasteiger partial charge on any atom is -0.507 e. The highest BCUT2D eigenvalue weighted by atomic mass is 35.5. The number of Topliss-reactive ketones (excluding diaryl/α,β-unsaturated/α-hetero) is 1. The molecule has 1 fully saturated rings. The van der Waals surface area contributed by atoms with Crippen molar-refractivity contribution >= 4 is 45.5 Å². The summed E-state index contributed by atoms with van der Waals surface area (Å²) in [6.45, 7) is 0. The summed E-state index contributed by atoms with van der Waals surface area (Å²) < 4.78 is 27.8. The van der Waals surface area contributed by atoms with Crippen molar-refractivity contribution in [2.75, 3.05) is 4.90 Å². The fourth-order valence-electron chi connectivity index (χ4n) is 4.31. The van der Waals surface area contributed by atoms with E-state index < -0.39 is 35.1 Å². The standard InChI is InChI=1S/C27H16ClF2NO3/c28-17-8-3-7-16(13-17)25(32)23-24(20-10-4-6-15-5-1-2-9-19(15)20)31(27(34)26(23)33)18-11-12-21(29)22(30)14-18/h1-14,24,32H/b25-23-. The van der Waals surface area contributed by atoms with Crippen LogP contribution in [0.15, 0.2) is 90.5 Å². The van der Waals surface area contributed by atoms with Gasteiger partial charge in [-0.05, 0) is 40.6 Å². The van der Waals surface area contributed by atoms with Crippen molar-refractivity contribution in [3.8, 4) is 0 Å². The summed E-state index contributed by atoms with van der Waals surface area (Å²) in [4.78, 5) is 27.6. The van der Waals surface area contributed by atoms with Gasteiger partial charge >= 0.3 is 0 Å². The summed E-state index contributed by atoms with van der Waals surface area (Å²) in [5.41, 5.74) is 0.615. The zero-order chi connectivity index (χ0) is 24.0. The molecule has 1 aliphatic rings. The largest absolute Gasteiger partial charge is 0.507 e. The first kappa shape index (κ1) is 21.8. The van der Waals surface area contributed by atoms with E-state index in [9.17, 15) is 23.5 Å². The van der Waals surface area contributed by atoms with Crippen molar-refractivity contribution in [2.45, 2.75) is 6.04 Å². The molecule has 7 heteroatoms. The number of aliphatic hydroxyl groups excluding tert-OH is 1. The Kier molecular flexibility index (Phi) is 5.38. The van der Waals surface area contributed by atoms with Crippen LogP contribution in [0.5, 0.6) is 0 Å². The summed E-state index contributed by atoms with van der Waals surface area (Å²) in [6.07, 6.45) is 0. The molecule has 0 bridgehead atoms. The molecule has 1 atom stereocenters. The van der Waals surface area contributed by atoms with Crippen LogP contribution in [-0.2, 0) is 9.59 Å². The van der Waals surface area contributed by atoms with E-state index in [1.54, 1.807) is 30.3 Å². The number of hydrogen-bond acceptors (Lipinski definition) is 3. The lowest BCUT2D eigenvalue weighted by Crippen LogP contribution is -2.29. The zero-order valence-corrected chi connectivity index (χ0v) is 18.3. The second kappa shape index (κ2) is 8.39. The Hall–Kier alpha value is -4.03. The molecular formula is C27H16ClF2NO3. The molecule has 1 aliphatic heterocycles. The molecule has 0 aromatic heterocycles. The number of amides is 1. The van der Waals surface area contributed by atoms with Gasteiger partial charge in [0.15, 0.2) is 11.6 Å². The van der Waals surface area contributed by atoms with Gasteiger partial charge in [0, 0.05) is 22.3 Å². The normalized spacial score (nSPS) is 17.5. The lowest BCUT2D eigenvalue weighted by atomic mass is 9.91. The smallest absolute Gasteiger partial charge is 0.300 e. The van der Waals surface area contributed by atoms with Crippen LogP contribution in [0.1, 0.15) is 17.2 Å². The van der Waals surface area contributed by atoms with Crippen molar-refractivity contribution < 1.29 is 23.5 Å². The average Bonchev–Trinajstić information content (AvgIpc) is 3.10. The molecule has 1 saturated heterocycles. The van der Waals surface area contributed by atoms with Crippen LogP contribution in [0, 0.1) is 11.6 Å². The molecule has 4 nitrogen and oxygen atoms in total. The molecule has 1 amide bonds. The monoisotopic (exact) mass is 475 g/mol. The number of fused-ring (bicyclic) bond motifs is 1. The van der Waals surface area contributed by atoms with E-state index in [-0.39, 0.29) is 16.8 Å². The number of aliphatic hydroxyl groups is 1. The van der Waals surface area contributed by atoms with E-state index in [1.165, 1.54) is 12.1 Å². The van der Waals surface area contributed by atoms with Gasteiger partial charge in [0.25, 0.3) is 11.7 Å². The van der Waals surface area contributed by atoms with Crippen LogP contribution in [0.2, 0.25) is 5.02 Å². The number of anilines is 1. The quantitative estimate of drug-likeness (QED) is 0.212. The van der Waals surface area contributed by atoms with E-state index in [1.807, 2.05) is 30.3 Å². The molecule has 0 spiro atoms. The minimum absolute atomic E-state index is 0.0101. The number of ketones is 1. The van der Waals surface area contributed by atoms with Crippen LogP contribution in [-0.4, -0.2) is 16.8 Å². The molecular weight excluding hydrogens is 460 g/mol. The second-order valence-electron chi connectivity index (χ2n) is 7.85. The predicted octanol–water partition coefficient (Wildman–Crippen LogP) is 6.40. The Labute approximate surface area is 198 Å². The maximum absolute atomic E-state index is 14.1. The van der Waals surface area contributed by atoms with E-state index in [2.05, 4.69) is 0 Å². The maximum atomic E-state index is 14.1. The van der Waals surface area contributed by atoms with Gasteiger partial charge in [0.1, 0.15) is 5.76 Å². The third kappa shape index (κ3) is 3.53. The first-order chi connectivity index (χ1) is 16.4. The number of benzene rings is 4. The Balaban J connectivity index is 1.82. The first-order valence-electron chi connectivity index (χ1n) is 10.4. The number of carbonyl (C=O) groups excluding carboxylic acids is 2. The molecule has 5 rings (SSSR count). The molecule has 1 N–H and O–H groups in total. The van der Waals surface area contributed by atoms with Gasteiger partial charge < -0.3 is 5.11 Å². The van der Waals surface area contributed by atoms with E-state index in [0.29, 0.717) is 10.6 Å². The molecule has 4 aromatic carbocycles. The summed E-state index contributed by atoms with van der Waals surface area (Å²) in [7, 11) is 0. The lowest BCUT2D eigenvalue weighted by Gasteiger charge is -2.26. The molecule has 34 heavy (non-hydrogen) atoms. The molecule has 1 heterocycles. The van der Waals surface area contributed by atoms with E-state index in [0.717, 1.165) is 27.8 Å². The van der Waals surface area contributed by atoms with Crippen LogP contribution in [0.3, 0.4) is 0 Å². The Morgan fingerprint density at radius 3 is 2.35 bits per heavy atom. The Morgan fingerprint density at radius 2 is 1.59 bits per heavy atom. The lowest BCUT2D eigenvalue weighted by molar-refractivity contribution is -0.132. The summed E-state index contributed by atoms with van der Waals surface area (Å²) in [6, 6.07) is 20.9. The minimum atomic E-state index is -1.16. The van der Waals surface area contributed by atoms with Crippen molar-refractivity contribution in [1.82, 2.24) is 0 Å². The predicted molar refractivity (Wildman–Crippen MR) is 127 cm³/mol. The molecule has 4 aromatic rings. The van der Waals surface area contributed by atoms with Gasteiger partial charge in [0.2, 0.25) is 0 Å². The highest BCUT2D eigenvalue weighted by Crippen LogP contribution is 2.44. The fourth-order valence-corrected chi connectivity index (χ4v) is 4.50. The van der Waals surface area contributed by atoms with Gasteiger partial charge in [0.05, 0.1) is 11.6 Å². The van der Waals surface area contributed by atoms with Crippen molar-refractivity contribution in [3.05, 3.63) is 118 Å². The molecule has 168 valence electrons. The molecule has 0 radical (unpaired) electrons. The Morgan fingerprint density at radius 1 is 0.853 bits per heavy atom. The second-order valence-corrected chi connectivity index (χ2v) is 8.28. The van der Waals surface area contributed by atoms with Crippen molar-refractivity contribution in [2.24, 2.45) is 0 Å². The molecule has 0 aliphatic carbocycles. The highest BCUT2D eigenvalue weighted by Gasteiger charge is 2.47. The van der Waals surface area contributed by atoms with E-state index >= 15 is 0 Å². The third-order valence-corrected chi connectivity index (χ3v) is 6.08. The molecule has 0 saturated carbocycles. The van der Waals surface area contributed by atoms with Crippen molar-refractivity contribution in [1.29, 1.82) is 0 Å². The van der Waals surface area contributed by atoms with Crippen LogP contribution >= 0.6 is 11.6 Å². The number of rotatable bonds is 3. The third-order valence-electron chi connectivity index (χ3n) is 5.84. The summed E-state index contributed by atoms with van der Waals surface area (Å²) >= 11 is 6.08. The Bertz CT molecular complexity index is 1510.